The van der Waals surface area contributed by atoms with E-state index in [1.807, 2.05) is 0 Å². The fraction of sp³-hybridized carbons (Fsp3) is 0.421. The number of thiophene rings is 1. The second-order valence-electron chi connectivity index (χ2n) is 6.51. The number of methoxy groups -OCH3 is 3. The summed E-state index contributed by atoms with van der Waals surface area (Å²) < 4.78 is 16.5. The number of carbonyl (C=O) groups is 1. The minimum absolute atomic E-state index is 0.0719. The van der Waals surface area contributed by atoms with Crippen LogP contribution in [0, 0.1) is 0 Å². The van der Waals surface area contributed by atoms with Crippen molar-refractivity contribution in [3.63, 3.8) is 0 Å². The van der Waals surface area contributed by atoms with Crippen molar-refractivity contribution < 1.29 is 23.5 Å². The van der Waals surface area contributed by atoms with Gasteiger partial charge in [0.15, 0.2) is 24.1 Å². The Hall–Kier alpha value is -2.05. The van der Waals surface area contributed by atoms with Crippen LogP contribution in [0.15, 0.2) is 29.6 Å². The molecule has 25 heavy (non-hydrogen) atoms. The van der Waals surface area contributed by atoms with Crippen LogP contribution in [-0.2, 0) is 16.0 Å². The summed E-state index contributed by atoms with van der Waals surface area (Å²) in [6.45, 7) is 1.20. The first-order chi connectivity index (χ1) is 12.0. The van der Waals surface area contributed by atoms with E-state index in [-0.39, 0.29) is 12.0 Å². The molecule has 1 aliphatic rings. The van der Waals surface area contributed by atoms with Gasteiger partial charge in [-0.05, 0) is 29.1 Å². The topological polar surface area (TPSA) is 44.8 Å². The second kappa shape index (κ2) is 7.06. The second-order valence-corrected chi connectivity index (χ2v) is 7.49. The third kappa shape index (κ3) is 3.24. The molecular weight excluding hydrogens is 338 g/mol. The largest absolute Gasteiger partial charge is 0.493 e. The van der Waals surface area contributed by atoms with Crippen molar-refractivity contribution in [3.05, 3.63) is 45.6 Å². The van der Waals surface area contributed by atoms with Crippen LogP contribution < -0.4 is 9.47 Å². The van der Waals surface area contributed by atoms with Crippen LogP contribution in [0.5, 0.6) is 11.5 Å². The van der Waals surface area contributed by atoms with Crippen molar-refractivity contribution >= 4 is 17.3 Å². The summed E-state index contributed by atoms with van der Waals surface area (Å²) in [6, 6.07) is 8.39. The van der Waals surface area contributed by atoms with E-state index in [2.05, 4.69) is 36.7 Å². The number of esters is 1. The van der Waals surface area contributed by atoms with E-state index in [9.17, 15) is 4.79 Å². The first-order valence-electron chi connectivity index (χ1n) is 8.21. The van der Waals surface area contributed by atoms with Gasteiger partial charge in [0.05, 0.1) is 39.8 Å². The highest BCUT2D eigenvalue weighted by Crippen LogP contribution is 2.45. The summed E-state index contributed by atoms with van der Waals surface area (Å²) in [5.74, 6) is 1.28. The van der Waals surface area contributed by atoms with Gasteiger partial charge in [-0.1, -0.05) is 6.07 Å². The van der Waals surface area contributed by atoms with Crippen LogP contribution in [0.2, 0.25) is 0 Å². The maximum Gasteiger partial charge on any atom is 0.361 e. The van der Waals surface area contributed by atoms with Crippen molar-refractivity contribution in [2.75, 3.05) is 41.5 Å². The first kappa shape index (κ1) is 17.8. The molecule has 0 saturated heterocycles. The summed E-state index contributed by atoms with van der Waals surface area (Å²) in [6.07, 6.45) is 0.880. The molecule has 2 atom stereocenters. The molecule has 1 unspecified atom stereocenters. The van der Waals surface area contributed by atoms with E-state index in [0.717, 1.165) is 18.7 Å². The molecule has 1 aromatic carbocycles. The zero-order valence-corrected chi connectivity index (χ0v) is 15.9. The summed E-state index contributed by atoms with van der Waals surface area (Å²) in [7, 11) is 6.87. The number of likely N-dealkylation sites (N-methyl/N-ethyl adjacent to an activating group) is 1. The van der Waals surface area contributed by atoms with Crippen molar-refractivity contribution in [2.45, 2.75) is 12.5 Å². The maximum absolute atomic E-state index is 12.1. The smallest absolute Gasteiger partial charge is 0.361 e. The minimum Gasteiger partial charge on any atom is -0.493 e. The standard InChI is InChI=1S/C19H24NO4S/c1-20(12-18(21)24-4)8-7-13-10-15(22-2)16(23-3)11-14(13)19(20)17-6-5-9-25-17/h5-6,9-11,19H,7-8,12H2,1-4H3/q+1/t19-,20?/m1/s1. The molecule has 0 radical (unpaired) electrons. The summed E-state index contributed by atoms with van der Waals surface area (Å²) in [5.41, 5.74) is 2.44. The quantitative estimate of drug-likeness (QED) is 0.606. The lowest BCUT2D eigenvalue weighted by atomic mass is 9.89. The van der Waals surface area contributed by atoms with Gasteiger partial charge in [-0.2, -0.15) is 0 Å². The van der Waals surface area contributed by atoms with E-state index in [0.29, 0.717) is 16.8 Å². The Labute approximate surface area is 152 Å². The SMILES string of the molecule is COC(=O)C[N+]1(C)CCc2cc(OC)c(OC)cc2[C@@H]1c1cccs1. The van der Waals surface area contributed by atoms with E-state index >= 15 is 0 Å². The Morgan fingerprint density at radius 1 is 1.24 bits per heavy atom. The average molecular weight is 362 g/mol. The number of quaternary nitrogens is 1. The number of rotatable bonds is 5. The van der Waals surface area contributed by atoms with Gasteiger partial charge in [-0.25, -0.2) is 4.79 Å². The van der Waals surface area contributed by atoms with Crippen LogP contribution in [0.3, 0.4) is 0 Å². The van der Waals surface area contributed by atoms with E-state index in [1.165, 1.54) is 23.1 Å². The monoisotopic (exact) mass is 362 g/mol. The van der Waals surface area contributed by atoms with Gasteiger partial charge >= 0.3 is 5.97 Å². The van der Waals surface area contributed by atoms with Crippen molar-refractivity contribution in [1.29, 1.82) is 0 Å². The van der Waals surface area contributed by atoms with E-state index < -0.39 is 0 Å². The number of fused-ring (bicyclic) bond motifs is 1. The Morgan fingerprint density at radius 2 is 1.96 bits per heavy atom. The fourth-order valence-corrected chi connectivity index (χ4v) is 4.67. The molecule has 0 fully saturated rings. The van der Waals surface area contributed by atoms with Gasteiger partial charge < -0.3 is 18.7 Å². The number of benzene rings is 1. The van der Waals surface area contributed by atoms with Crippen LogP contribution in [-0.4, -0.2) is 51.9 Å². The highest BCUT2D eigenvalue weighted by molar-refractivity contribution is 7.10. The van der Waals surface area contributed by atoms with Gasteiger partial charge in [-0.3, -0.25) is 0 Å². The summed E-state index contributed by atoms with van der Waals surface area (Å²) in [4.78, 5) is 13.3. The highest BCUT2D eigenvalue weighted by atomic mass is 32.1. The number of ether oxygens (including phenoxy) is 3. The first-order valence-corrected chi connectivity index (χ1v) is 9.09. The van der Waals surface area contributed by atoms with Gasteiger partial charge in [0.1, 0.15) is 0 Å². The van der Waals surface area contributed by atoms with Gasteiger partial charge in [0.25, 0.3) is 0 Å². The lowest BCUT2D eigenvalue weighted by molar-refractivity contribution is -0.928. The van der Waals surface area contributed by atoms with Crippen LogP contribution >= 0.6 is 11.3 Å². The predicted molar refractivity (Wildman–Crippen MR) is 97.3 cm³/mol. The Morgan fingerprint density at radius 3 is 2.56 bits per heavy atom. The molecule has 3 rings (SSSR count). The minimum atomic E-state index is -0.187. The highest BCUT2D eigenvalue weighted by Gasteiger charge is 2.43. The molecule has 2 heterocycles. The Balaban J connectivity index is 2.14. The number of nitrogens with zero attached hydrogens (tertiary/aromatic N) is 1. The maximum atomic E-state index is 12.1. The van der Waals surface area contributed by atoms with Crippen molar-refractivity contribution in [3.8, 4) is 11.5 Å². The molecule has 134 valence electrons. The van der Waals surface area contributed by atoms with Crippen LogP contribution in [0.25, 0.3) is 0 Å². The zero-order valence-electron chi connectivity index (χ0n) is 15.1. The Bertz CT molecular complexity index is 759. The van der Waals surface area contributed by atoms with Gasteiger partial charge in [-0.15, -0.1) is 11.3 Å². The summed E-state index contributed by atoms with van der Waals surface area (Å²) >= 11 is 1.71. The molecule has 0 saturated carbocycles. The normalized spacial score (nSPS) is 22.2. The molecule has 1 aliphatic heterocycles. The molecule has 0 spiro atoms. The third-order valence-electron chi connectivity index (χ3n) is 4.99. The molecule has 2 aromatic rings. The summed E-state index contributed by atoms with van der Waals surface area (Å²) in [5, 5.41) is 2.08. The average Bonchev–Trinajstić information content (AvgIpc) is 3.14. The molecule has 1 aromatic heterocycles. The fourth-order valence-electron chi connectivity index (χ4n) is 3.69. The molecular formula is C19H24NO4S+. The molecule has 0 bridgehead atoms. The lowest BCUT2D eigenvalue weighted by Crippen LogP contribution is -2.54. The van der Waals surface area contributed by atoms with Crippen LogP contribution in [0.4, 0.5) is 0 Å². The van der Waals surface area contributed by atoms with Crippen molar-refractivity contribution in [1.82, 2.24) is 0 Å². The number of hydrogen-bond acceptors (Lipinski definition) is 5. The van der Waals surface area contributed by atoms with Crippen molar-refractivity contribution in [2.24, 2.45) is 0 Å². The van der Waals surface area contributed by atoms with E-state index in [1.54, 1.807) is 25.6 Å². The molecule has 0 aliphatic carbocycles. The zero-order chi connectivity index (χ0) is 18.0. The molecule has 5 nitrogen and oxygen atoms in total. The number of carbonyl (C=O) groups excluding carboxylic acids is 1. The third-order valence-corrected chi connectivity index (χ3v) is 5.91. The van der Waals surface area contributed by atoms with Gasteiger partial charge in [0, 0.05) is 12.0 Å². The molecule has 0 amide bonds. The Kier molecular flexibility index (Phi) is 5.01. The van der Waals surface area contributed by atoms with Crippen LogP contribution in [0.1, 0.15) is 22.0 Å². The molecule has 0 N–H and O–H groups in total. The van der Waals surface area contributed by atoms with Gasteiger partial charge in [0.2, 0.25) is 0 Å². The molecule has 6 heteroatoms. The number of hydrogen-bond donors (Lipinski definition) is 0. The van der Waals surface area contributed by atoms with E-state index in [4.69, 9.17) is 14.2 Å². The lowest BCUT2D eigenvalue weighted by Gasteiger charge is -2.44. The predicted octanol–water partition coefficient (Wildman–Crippen LogP) is 3.03.